The lowest BCUT2D eigenvalue weighted by molar-refractivity contribution is 0.405. The molecule has 0 saturated carbocycles. The van der Waals surface area contributed by atoms with Crippen molar-refractivity contribution in [3.05, 3.63) is 33.3 Å². The Morgan fingerprint density at radius 3 is 2.40 bits per heavy atom. The van der Waals surface area contributed by atoms with Gasteiger partial charge in [0.1, 0.15) is 0 Å². The van der Waals surface area contributed by atoms with Gasteiger partial charge in [-0.25, -0.2) is 0 Å². The normalized spacial score (nSPS) is 13.2. The number of hydrogen-bond acceptors (Lipinski definition) is 1. The molecule has 1 rings (SSSR count). The molecule has 3 heteroatoms. The molecular formula is C12H17BrClN. The molecule has 0 amide bonds. The van der Waals surface area contributed by atoms with E-state index in [4.69, 9.17) is 17.3 Å². The third-order valence-corrected chi connectivity index (χ3v) is 4.10. The highest BCUT2D eigenvalue weighted by Gasteiger charge is 2.16. The van der Waals surface area contributed by atoms with E-state index in [2.05, 4.69) is 29.8 Å². The highest BCUT2D eigenvalue weighted by molar-refractivity contribution is 9.10. The first-order valence-corrected chi connectivity index (χ1v) is 6.47. The summed E-state index contributed by atoms with van der Waals surface area (Å²) in [5.74, 6) is 0.540. The summed E-state index contributed by atoms with van der Waals surface area (Å²) in [6, 6.07) is 6.03. The second kappa shape index (κ2) is 5.88. The largest absolute Gasteiger partial charge is 0.324 e. The predicted octanol–water partition coefficient (Wildman–Crippen LogP) is 4.54. The average molecular weight is 291 g/mol. The molecule has 0 saturated heterocycles. The minimum absolute atomic E-state index is 0.105. The summed E-state index contributed by atoms with van der Waals surface area (Å²) < 4.78 is 0.920. The van der Waals surface area contributed by atoms with E-state index in [-0.39, 0.29) is 6.04 Å². The molecule has 1 aromatic rings. The molecular weight excluding hydrogens is 273 g/mol. The highest BCUT2D eigenvalue weighted by atomic mass is 79.9. The van der Waals surface area contributed by atoms with Crippen molar-refractivity contribution < 1.29 is 0 Å². The third kappa shape index (κ3) is 3.20. The van der Waals surface area contributed by atoms with E-state index in [1.54, 1.807) is 0 Å². The molecule has 0 heterocycles. The van der Waals surface area contributed by atoms with Gasteiger partial charge < -0.3 is 5.73 Å². The van der Waals surface area contributed by atoms with Crippen LogP contribution >= 0.6 is 27.5 Å². The summed E-state index contributed by atoms with van der Waals surface area (Å²) in [4.78, 5) is 0. The van der Waals surface area contributed by atoms with E-state index in [0.29, 0.717) is 5.92 Å². The Labute approximate surface area is 105 Å². The van der Waals surface area contributed by atoms with E-state index in [1.165, 1.54) is 0 Å². The fourth-order valence-corrected chi connectivity index (χ4v) is 2.30. The first-order valence-electron chi connectivity index (χ1n) is 5.30. The fourth-order valence-electron chi connectivity index (χ4n) is 1.79. The van der Waals surface area contributed by atoms with Crippen LogP contribution in [-0.4, -0.2) is 0 Å². The maximum absolute atomic E-state index is 6.22. The van der Waals surface area contributed by atoms with Crippen LogP contribution in [0.5, 0.6) is 0 Å². The van der Waals surface area contributed by atoms with Crippen LogP contribution < -0.4 is 5.73 Å². The first-order chi connectivity index (χ1) is 7.10. The lowest BCUT2D eigenvalue weighted by atomic mass is 9.90. The maximum atomic E-state index is 6.22. The van der Waals surface area contributed by atoms with Gasteiger partial charge in [0.25, 0.3) is 0 Å². The average Bonchev–Trinajstić information content (AvgIpc) is 2.23. The van der Waals surface area contributed by atoms with Crippen LogP contribution in [0.3, 0.4) is 0 Å². The molecule has 2 N–H and O–H groups in total. The summed E-state index contributed by atoms with van der Waals surface area (Å²) >= 11 is 9.36. The Morgan fingerprint density at radius 2 is 1.93 bits per heavy atom. The van der Waals surface area contributed by atoms with Crippen molar-refractivity contribution in [2.45, 2.75) is 32.7 Å². The van der Waals surface area contributed by atoms with Crippen molar-refractivity contribution in [3.8, 4) is 0 Å². The van der Waals surface area contributed by atoms with Crippen molar-refractivity contribution in [2.75, 3.05) is 0 Å². The topological polar surface area (TPSA) is 26.0 Å². The second-order valence-electron chi connectivity index (χ2n) is 3.78. The number of benzene rings is 1. The minimum atomic E-state index is 0.105. The quantitative estimate of drug-likeness (QED) is 0.865. The van der Waals surface area contributed by atoms with Crippen molar-refractivity contribution in [2.24, 2.45) is 11.7 Å². The summed E-state index contributed by atoms with van der Waals surface area (Å²) in [7, 11) is 0. The van der Waals surface area contributed by atoms with Crippen molar-refractivity contribution >= 4 is 27.5 Å². The van der Waals surface area contributed by atoms with Gasteiger partial charge >= 0.3 is 0 Å². The van der Waals surface area contributed by atoms with Crippen LogP contribution in [0, 0.1) is 5.92 Å². The second-order valence-corrected chi connectivity index (χ2v) is 5.04. The number of rotatable bonds is 4. The summed E-state index contributed by atoms with van der Waals surface area (Å²) in [5.41, 5.74) is 7.37. The van der Waals surface area contributed by atoms with Crippen LogP contribution in [-0.2, 0) is 0 Å². The van der Waals surface area contributed by atoms with Gasteiger partial charge in [-0.15, -0.1) is 0 Å². The molecule has 0 fully saturated rings. The summed E-state index contributed by atoms with van der Waals surface area (Å²) in [6.45, 7) is 4.36. The molecule has 0 radical (unpaired) electrons. The molecule has 0 aliphatic heterocycles. The summed E-state index contributed by atoms with van der Waals surface area (Å²) in [6.07, 6.45) is 2.22. The number of hydrogen-bond donors (Lipinski definition) is 1. The van der Waals surface area contributed by atoms with E-state index in [1.807, 2.05) is 18.2 Å². The highest BCUT2D eigenvalue weighted by Crippen LogP contribution is 2.30. The van der Waals surface area contributed by atoms with Crippen LogP contribution in [0.1, 0.15) is 38.3 Å². The van der Waals surface area contributed by atoms with Crippen molar-refractivity contribution in [1.82, 2.24) is 0 Å². The Bertz CT molecular complexity index is 323. The predicted molar refractivity (Wildman–Crippen MR) is 70.2 cm³/mol. The standard InChI is InChI=1S/C12H17BrClN/c1-3-8(4-2)12(15)9-5-6-11(14)10(13)7-9/h5-8,12H,3-4,15H2,1-2H3. The van der Waals surface area contributed by atoms with Crippen LogP contribution in [0.25, 0.3) is 0 Å². The van der Waals surface area contributed by atoms with Gasteiger partial charge in [-0.3, -0.25) is 0 Å². The Morgan fingerprint density at radius 1 is 1.33 bits per heavy atom. The Hall–Kier alpha value is -0.0500. The van der Waals surface area contributed by atoms with Gasteiger partial charge in [-0.05, 0) is 39.5 Å². The minimum Gasteiger partial charge on any atom is -0.324 e. The van der Waals surface area contributed by atoms with Crippen LogP contribution in [0.15, 0.2) is 22.7 Å². The van der Waals surface area contributed by atoms with Gasteiger partial charge in [-0.2, -0.15) is 0 Å². The van der Waals surface area contributed by atoms with Crippen molar-refractivity contribution in [1.29, 1.82) is 0 Å². The van der Waals surface area contributed by atoms with Gasteiger partial charge in [0, 0.05) is 10.5 Å². The molecule has 0 bridgehead atoms. The van der Waals surface area contributed by atoms with E-state index in [0.717, 1.165) is 27.9 Å². The van der Waals surface area contributed by atoms with Crippen LogP contribution in [0.2, 0.25) is 5.02 Å². The monoisotopic (exact) mass is 289 g/mol. The van der Waals surface area contributed by atoms with Crippen molar-refractivity contribution in [3.63, 3.8) is 0 Å². The molecule has 0 aliphatic carbocycles. The molecule has 1 nitrogen and oxygen atoms in total. The van der Waals surface area contributed by atoms with Gasteiger partial charge in [0.2, 0.25) is 0 Å². The molecule has 0 aliphatic rings. The smallest absolute Gasteiger partial charge is 0.0548 e. The molecule has 1 atom stereocenters. The lowest BCUT2D eigenvalue weighted by Gasteiger charge is -2.21. The molecule has 15 heavy (non-hydrogen) atoms. The zero-order valence-corrected chi connectivity index (χ0v) is 11.5. The zero-order valence-electron chi connectivity index (χ0n) is 9.13. The lowest BCUT2D eigenvalue weighted by Crippen LogP contribution is -2.20. The van der Waals surface area contributed by atoms with Crippen LogP contribution in [0.4, 0.5) is 0 Å². The third-order valence-electron chi connectivity index (χ3n) is 2.89. The fraction of sp³-hybridized carbons (Fsp3) is 0.500. The van der Waals surface area contributed by atoms with Gasteiger partial charge in [0.15, 0.2) is 0 Å². The van der Waals surface area contributed by atoms with Gasteiger partial charge in [0.05, 0.1) is 5.02 Å². The molecule has 0 spiro atoms. The van der Waals surface area contributed by atoms with E-state index in [9.17, 15) is 0 Å². The SMILES string of the molecule is CCC(CC)C(N)c1ccc(Cl)c(Br)c1. The zero-order chi connectivity index (χ0) is 11.4. The van der Waals surface area contributed by atoms with Gasteiger partial charge in [-0.1, -0.05) is 44.4 Å². The number of nitrogens with two attached hydrogens (primary N) is 1. The Kier molecular flexibility index (Phi) is 5.10. The first kappa shape index (κ1) is 13.0. The Balaban J connectivity index is 2.90. The molecule has 1 unspecified atom stereocenters. The molecule has 1 aromatic carbocycles. The van der Waals surface area contributed by atoms with E-state index >= 15 is 0 Å². The maximum Gasteiger partial charge on any atom is 0.0548 e. The van der Waals surface area contributed by atoms with E-state index < -0.39 is 0 Å². The number of halogens is 2. The molecule has 0 aromatic heterocycles. The molecule has 84 valence electrons. The summed E-state index contributed by atoms with van der Waals surface area (Å²) in [5, 5.41) is 0.732.